The van der Waals surface area contributed by atoms with Gasteiger partial charge in [0.1, 0.15) is 17.3 Å². The minimum Gasteiger partial charge on any atom is -0.484 e. The van der Waals surface area contributed by atoms with Crippen LogP contribution in [0.2, 0.25) is 5.02 Å². The Labute approximate surface area is 191 Å². The first-order valence-electron chi connectivity index (χ1n) is 9.75. The lowest BCUT2D eigenvalue weighted by atomic mass is 10.1. The molecule has 170 valence electrons. The molecular formula is C23H25ClFN3O4. The molecule has 2 rings (SSSR count). The number of nitrogens with zero attached hydrogens (tertiary/aromatic N) is 1. The van der Waals surface area contributed by atoms with Crippen LogP contribution in [0.5, 0.6) is 5.75 Å². The number of halogens is 2. The molecule has 9 heteroatoms. The maximum Gasteiger partial charge on any atom is 0.269 e. The summed E-state index contributed by atoms with van der Waals surface area (Å²) < 4.78 is 18.6. The van der Waals surface area contributed by atoms with Crippen molar-refractivity contribution in [3.63, 3.8) is 0 Å². The highest BCUT2D eigenvalue weighted by Gasteiger charge is 2.10. The molecule has 0 radical (unpaired) electrons. The molecule has 0 aliphatic heterocycles. The van der Waals surface area contributed by atoms with Gasteiger partial charge >= 0.3 is 0 Å². The second kappa shape index (κ2) is 11.4. The number of hydrogen-bond donors (Lipinski definition) is 3. The van der Waals surface area contributed by atoms with Gasteiger partial charge in [0, 0.05) is 30.9 Å². The van der Waals surface area contributed by atoms with Gasteiger partial charge in [0.2, 0.25) is 0 Å². The predicted molar refractivity (Wildman–Crippen MR) is 121 cm³/mol. The van der Waals surface area contributed by atoms with E-state index in [0.29, 0.717) is 12.1 Å². The maximum absolute atomic E-state index is 13.4. The molecule has 3 N–H and O–H groups in total. The molecule has 0 spiro atoms. The molecule has 0 aliphatic carbocycles. The fourth-order valence-electron chi connectivity index (χ4n) is 2.40. The third-order valence-corrected chi connectivity index (χ3v) is 4.30. The minimum atomic E-state index is -0.966. The van der Waals surface area contributed by atoms with E-state index in [9.17, 15) is 19.1 Å². The number of hydrogen-bond acceptors (Lipinski definition) is 5. The monoisotopic (exact) mass is 461 g/mol. The van der Waals surface area contributed by atoms with Crippen molar-refractivity contribution in [3.05, 3.63) is 77.0 Å². The van der Waals surface area contributed by atoms with E-state index in [2.05, 4.69) is 22.2 Å². The van der Waals surface area contributed by atoms with Crippen molar-refractivity contribution < 1.29 is 23.8 Å². The Bertz CT molecular complexity index is 1020. The van der Waals surface area contributed by atoms with Crippen molar-refractivity contribution in [3.8, 4) is 5.75 Å². The van der Waals surface area contributed by atoms with Gasteiger partial charge in [-0.3, -0.25) is 14.6 Å². The number of carbonyl (C=O) groups excluding carboxylic acids is 2. The third-order valence-electron chi connectivity index (χ3n) is 3.99. The number of aliphatic hydroxyl groups is 1. The first-order valence-corrected chi connectivity index (χ1v) is 10.1. The Morgan fingerprint density at radius 3 is 2.75 bits per heavy atom. The fraction of sp³-hybridized carbons (Fsp3) is 0.261. The summed E-state index contributed by atoms with van der Waals surface area (Å²) >= 11 is 5.59. The van der Waals surface area contributed by atoms with Gasteiger partial charge in [-0.1, -0.05) is 30.3 Å². The van der Waals surface area contributed by atoms with E-state index in [0.717, 1.165) is 11.6 Å². The largest absolute Gasteiger partial charge is 0.484 e. The molecule has 0 fully saturated rings. The Hall–Kier alpha value is -3.23. The van der Waals surface area contributed by atoms with Crippen molar-refractivity contribution in [2.24, 2.45) is 0 Å². The van der Waals surface area contributed by atoms with E-state index in [1.807, 2.05) is 0 Å². The molecule has 0 atom stereocenters. The van der Waals surface area contributed by atoms with Gasteiger partial charge in [0.25, 0.3) is 11.8 Å². The second-order valence-electron chi connectivity index (χ2n) is 7.48. The number of benzene rings is 1. The average Bonchev–Trinajstić information content (AvgIpc) is 2.72. The van der Waals surface area contributed by atoms with Crippen LogP contribution in [0.25, 0.3) is 6.08 Å². The van der Waals surface area contributed by atoms with Crippen LogP contribution in [0.1, 0.15) is 36.3 Å². The molecular weight excluding hydrogens is 437 g/mol. The SMILES string of the molecule is C=C(CCNC(=O)c1cc(/C=C/C(C)(C)O)ccn1)NC(=O)COc1ccc(Cl)c(F)c1. The average molecular weight is 462 g/mol. The van der Waals surface area contributed by atoms with E-state index >= 15 is 0 Å². The molecule has 0 aliphatic rings. The van der Waals surface area contributed by atoms with Crippen LogP contribution in [0, 0.1) is 5.82 Å². The summed E-state index contributed by atoms with van der Waals surface area (Å²) in [7, 11) is 0. The predicted octanol–water partition coefficient (Wildman–Crippen LogP) is 3.49. The first kappa shape index (κ1) is 25.0. The normalized spacial score (nSPS) is 11.3. The molecule has 0 saturated heterocycles. The molecule has 0 saturated carbocycles. The summed E-state index contributed by atoms with van der Waals surface area (Å²) in [5.74, 6) is -1.31. The van der Waals surface area contributed by atoms with Gasteiger partial charge in [-0.15, -0.1) is 0 Å². The van der Waals surface area contributed by atoms with Gasteiger partial charge in [-0.2, -0.15) is 0 Å². The van der Waals surface area contributed by atoms with Crippen LogP contribution in [-0.2, 0) is 4.79 Å². The highest BCUT2D eigenvalue weighted by atomic mass is 35.5. The van der Waals surface area contributed by atoms with Crippen LogP contribution < -0.4 is 15.4 Å². The Balaban J connectivity index is 1.75. The lowest BCUT2D eigenvalue weighted by Crippen LogP contribution is -2.31. The molecule has 1 aromatic carbocycles. The molecule has 2 aromatic rings. The van der Waals surface area contributed by atoms with E-state index in [1.165, 1.54) is 18.3 Å². The Morgan fingerprint density at radius 2 is 2.06 bits per heavy atom. The molecule has 0 bridgehead atoms. The maximum atomic E-state index is 13.4. The van der Waals surface area contributed by atoms with Gasteiger partial charge in [0.05, 0.1) is 10.6 Å². The standard InChI is InChI=1S/C23H25ClFN3O4/c1-15(28-21(29)14-32-17-4-5-18(24)19(25)13-17)7-10-27-22(30)20-12-16(8-11-26-20)6-9-23(2,3)31/h4-6,8-9,11-13,31H,1,7,10,14H2,2-3H3,(H,27,30)(H,28,29)/b9-6+. The molecule has 1 heterocycles. The Kier molecular flexibility index (Phi) is 8.92. The molecule has 2 amide bonds. The van der Waals surface area contributed by atoms with Crippen LogP contribution in [0.3, 0.4) is 0 Å². The van der Waals surface area contributed by atoms with Crippen LogP contribution in [0.15, 0.2) is 54.9 Å². The molecule has 0 unspecified atom stereocenters. The quantitative estimate of drug-likeness (QED) is 0.503. The van der Waals surface area contributed by atoms with Gasteiger partial charge in [0.15, 0.2) is 6.61 Å². The Morgan fingerprint density at radius 1 is 1.31 bits per heavy atom. The lowest BCUT2D eigenvalue weighted by molar-refractivity contribution is -0.122. The van der Waals surface area contributed by atoms with Crippen molar-refractivity contribution >= 4 is 29.5 Å². The fourth-order valence-corrected chi connectivity index (χ4v) is 2.52. The number of amides is 2. The van der Waals surface area contributed by atoms with Gasteiger partial charge in [-0.05, 0) is 43.7 Å². The highest BCUT2D eigenvalue weighted by molar-refractivity contribution is 6.30. The van der Waals surface area contributed by atoms with Crippen LogP contribution in [0.4, 0.5) is 4.39 Å². The second-order valence-corrected chi connectivity index (χ2v) is 7.89. The van der Waals surface area contributed by atoms with Crippen molar-refractivity contribution in [2.45, 2.75) is 25.9 Å². The number of aromatic nitrogens is 1. The first-order chi connectivity index (χ1) is 15.0. The number of ether oxygens (including phenoxy) is 1. The number of pyridine rings is 1. The van der Waals surface area contributed by atoms with Gasteiger partial charge < -0.3 is 20.5 Å². The van der Waals surface area contributed by atoms with E-state index in [-0.39, 0.29) is 35.5 Å². The smallest absolute Gasteiger partial charge is 0.269 e. The third kappa shape index (κ3) is 8.87. The summed E-state index contributed by atoms with van der Waals surface area (Å²) in [6.45, 7) is 6.93. The molecule has 1 aromatic heterocycles. The number of nitrogens with one attached hydrogen (secondary N) is 2. The van der Waals surface area contributed by atoms with E-state index in [1.54, 1.807) is 38.1 Å². The summed E-state index contributed by atoms with van der Waals surface area (Å²) in [5.41, 5.74) is 0.369. The summed E-state index contributed by atoms with van der Waals surface area (Å²) in [6, 6.07) is 7.19. The zero-order valence-electron chi connectivity index (χ0n) is 17.8. The zero-order valence-corrected chi connectivity index (χ0v) is 18.6. The summed E-state index contributed by atoms with van der Waals surface area (Å²) in [4.78, 5) is 28.3. The lowest BCUT2D eigenvalue weighted by Gasteiger charge is -2.11. The van der Waals surface area contributed by atoms with Crippen molar-refractivity contribution in [2.75, 3.05) is 13.2 Å². The van der Waals surface area contributed by atoms with Gasteiger partial charge in [-0.25, -0.2) is 4.39 Å². The molecule has 7 nitrogen and oxygen atoms in total. The summed E-state index contributed by atoms with van der Waals surface area (Å²) in [5, 5.41) is 15.0. The highest BCUT2D eigenvalue weighted by Crippen LogP contribution is 2.20. The topological polar surface area (TPSA) is 101 Å². The zero-order chi connectivity index (χ0) is 23.7. The minimum absolute atomic E-state index is 0.0373. The van der Waals surface area contributed by atoms with Crippen LogP contribution in [-0.4, -0.2) is 40.7 Å². The van der Waals surface area contributed by atoms with Crippen LogP contribution >= 0.6 is 11.6 Å². The van der Waals surface area contributed by atoms with E-state index in [4.69, 9.17) is 16.3 Å². The number of carbonyl (C=O) groups is 2. The van der Waals surface area contributed by atoms with Crippen molar-refractivity contribution in [1.82, 2.24) is 15.6 Å². The summed E-state index contributed by atoms with van der Waals surface area (Å²) in [6.07, 6.45) is 5.12. The van der Waals surface area contributed by atoms with Crippen molar-refractivity contribution in [1.29, 1.82) is 0 Å². The number of rotatable bonds is 10. The molecule has 32 heavy (non-hydrogen) atoms. The van der Waals surface area contributed by atoms with E-state index < -0.39 is 17.3 Å².